The van der Waals surface area contributed by atoms with Crippen LogP contribution in [0.3, 0.4) is 0 Å². The average molecular weight is 548 g/mol. The smallest absolute Gasteiger partial charge is 0.251 e. The number of rotatable bonds is 8. The predicted molar refractivity (Wildman–Crippen MR) is 157 cm³/mol. The van der Waals surface area contributed by atoms with Crippen molar-refractivity contribution in [1.82, 2.24) is 14.9 Å². The summed E-state index contributed by atoms with van der Waals surface area (Å²) in [4.78, 5) is 17.0. The highest BCUT2D eigenvalue weighted by molar-refractivity contribution is 5.94. The van der Waals surface area contributed by atoms with Gasteiger partial charge < -0.3 is 24.5 Å². The zero-order valence-corrected chi connectivity index (χ0v) is 22.9. The Labute approximate surface area is 239 Å². The number of para-hydroxylation sites is 2. The van der Waals surface area contributed by atoms with Gasteiger partial charge in [-0.05, 0) is 41.0 Å². The Hall–Kier alpha value is -4.30. The van der Waals surface area contributed by atoms with Crippen molar-refractivity contribution in [3.63, 3.8) is 0 Å². The van der Waals surface area contributed by atoms with Gasteiger partial charge >= 0.3 is 0 Å². The lowest BCUT2D eigenvalue weighted by molar-refractivity contribution is -0.276. The van der Waals surface area contributed by atoms with E-state index in [2.05, 4.69) is 27.9 Å². The van der Waals surface area contributed by atoms with Gasteiger partial charge in [0, 0.05) is 23.6 Å². The van der Waals surface area contributed by atoms with Crippen LogP contribution in [0, 0.1) is 5.92 Å². The summed E-state index contributed by atoms with van der Waals surface area (Å²) in [6, 6.07) is 33.2. The van der Waals surface area contributed by atoms with E-state index in [0.717, 1.165) is 33.3 Å². The lowest BCUT2D eigenvalue weighted by atomic mass is 9.90. The van der Waals surface area contributed by atoms with E-state index in [1.54, 1.807) is 12.1 Å². The molecule has 1 fully saturated rings. The molecule has 1 aromatic heterocycles. The first-order chi connectivity index (χ1) is 20.1. The normalized spacial score (nSPS) is 20.6. The zero-order valence-electron chi connectivity index (χ0n) is 22.9. The first kappa shape index (κ1) is 26.9. The molecule has 208 valence electrons. The average Bonchev–Trinajstić information content (AvgIpc) is 3.44. The number of amides is 1. The molecule has 5 aromatic rings. The van der Waals surface area contributed by atoms with E-state index in [9.17, 15) is 9.90 Å². The molecule has 4 aromatic carbocycles. The lowest BCUT2D eigenvalue weighted by Crippen LogP contribution is -2.39. The molecule has 7 nitrogen and oxygen atoms in total. The number of imidazole rings is 1. The van der Waals surface area contributed by atoms with Crippen LogP contribution in [0.2, 0.25) is 0 Å². The van der Waals surface area contributed by atoms with Gasteiger partial charge in [-0.1, -0.05) is 85.8 Å². The first-order valence-electron chi connectivity index (χ1n) is 13.9. The van der Waals surface area contributed by atoms with Crippen LogP contribution in [0.25, 0.3) is 11.0 Å². The van der Waals surface area contributed by atoms with E-state index in [4.69, 9.17) is 9.47 Å². The van der Waals surface area contributed by atoms with Crippen molar-refractivity contribution in [1.29, 1.82) is 0 Å². The summed E-state index contributed by atoms with van der Waals surface area (Å²) in [5.74, 6) is -0.0487. The van der Waals surface area contributed by atoms with Crippen LogP contribution >= 0.6 is 0 Å². The number of hydrogen-bond donors (Lipinski definition) is 2. The lowest BCUT2D eigenvalue weighted by Gasteiger charge is -2.41. The van der Waals surface area contributed by atoms with E-state index < -0.39 is 6.29 Å². The Bertz CT molecular complexity index is 1600. The van der Waals surface area contributed by atoms with Crippen molar-refractivity contribution in [2.24, 2.45) is 5.92 Å². The van der Waals surface area contributed by atoms with Crippen LogP contribution in [-0.2, 0) is 29.2 Å². The number of benzene rings is 4. The Morgan fingerprint density at radius 1 is 0.854 bits per heavy atom. The Morgan fingerprint density at radius 2 is 1.54 bits per heavy atom. The van der Waals surface area contributed by atoms with Crippen LogP contribution in [0.1, 0.15) is 51.9 Å². The van der Waals surface area contributed by atoms with Gasteiger partial charge in [0.2, 0.25) is 0 Å². The van der Waals surface area contributed by atoms with Gasteiger partial charge in [0.25, 0.3) is 5.91 Å². The van der Waals surface area contributed by atoms with Crippen LogP contribution < -0.4 is 5.32 Å². The fourth-order valence-electron chi connectivity index (χ4n) is 5.34. The summed E-state index contributed by atoms with van der Waals surface area (Å²) >= 11 is 0. The van der Waals surface area contributed by atoms with Crippen LogP contribution in [0.4, 0.5) is 0 Å². The molecule has 0 bridgehead atoms. The first-order valence-corrected chi connectivity index (χ1v) is 13.9. The molecular formula is C34H33N3O4. The van der Waals surface area contributed by atoms with E-state index in [0.29, 0.717) is 18.7 Å². The van der Waals surface area contributed by atoms with E-state index in [-0.39, 0.29) is 30.6 Å². The molecule has 2 heterocycles. The molecule has 1 aliphatic heterocycles. The molecule has 1 amide bonds. The molecule has 6 rings (SSSR count). The predicted octanol–water partition coefficient (Wildman–Crippen LogP) is 5.95. The molecule has 41 heavy (non-hydrogen) atoms. The summed E-state index contributed by atoms with van der Waals surface area (Å²) in [6.07, 6.45) is 0.959. The van der Waals surface area contributed by atoms with Crippen molar-refractivity contribution >= 4 is 16.9 Å². The number of carbonyl (C=O) groups is 1. The standard InChI is InChI=1S/C34H33N3O4/c1-23-31(20-37-22-36-29-9-5-6-10-30(29)37)40-34(41-32(23)26-15-13-25(21-38)14-16-26)28-17-11-24(12-18-28)19-35-33(39)27-7-3-2-4-8-27/h2-18,22-23,31-32,34,38H,19-21H2,1H3,(H,35,39)/t23-,31+,32+,34+/m1/s1. The van der Waals surface area contributed by atoms with Gasteiger partial charge in [0.05, 0.1) is 42.7 Å². The topological polar surface area (TPSA) is 85.6 Å². The van der Waals surface area contributed by atoms with Crippen LogP contribution in [-0.4, -0.2) is 26.7 Å². The number of aromatic nitrogens is 2. The number of nitrogens with one attached hydrogen (secondary N) is 1. The molecule has 1 aliphatic rings. The maximum Gasteiger partial charge on any atom is 0.251 e. The van der Waals surface area contributed by atoms with E-state index in [1.165, 1.54) is 0 Å². The molecule has 0 saturated carbocycles. The van der Waals surface area contributed by atoms with Crippen molar-refractivity contribution in [2.75, 3.05) is 0 Å². The Balaban J connectivity index is 1.22. The van der Waals surface area contributed by atoms with Crippen molar-refractivity contribution in [3.05, 3.63) is 137 Å². The zero-order chi connectivity index (χ0) is 28.2. The minimum absolute atomic E-state index is 0.00156. The SMILES string of the molecule is C[C@@H]1[C@H](Cn2cnc3ccccc32)O[C@H](c2ccc(CNC(=O)c3ccccc3)cc2)O[C@@H]1c1ccc(CO)cc1. The third kappa shape index (κ3) is 5.93. The van der Waals surface area contributed by atoms with Gasteiger partial charge in [-0.15, -0.1) is 0 Å². The number of carbonyl (C=O) groups excluding carboxylic acids is 1. The number of ether oxygens (including phenoxy) is 2. The van der Waals surface area contributed by atoms with Crippen LogP contribution in [0.5, 0.6) is 0 Å². The molecule has 0 aliphatic carbocycles. The summed E-state index contributed by atoms with van der Waals surface area (Å²) in [7, 11) is 0. The molecule has 0 radical (unpaired) electrons. The van der Waals surface area contributed by atoms with Crippen LogP contribution in [0.15, 0.2) is 109 Å². The van der Waals surface area contributed by atoms with Crippen molar-refractivity contribution in [3.8, 4) is 0 Å². The quantitative estimate of drug-likeness (QED) is 0.251. The largest absolute Gasteiger partial charge is 0.392 e. The van der Waals surface area contributed by atoms with Crippen molar-refractivity contribution in [2.45, 2.75) is 45.1 Å². The summed E-state index contributed by atoms with van der Waals surface area (Å²) < 4.78 is 15.4. The van der Waals surface area contributed by atoms with Gasteiger partial charge in [0.15, 0.2) is 6.29 Å². The minimum Gasteiger partial charge on any atom is -0.392 e. The maximum absolute atomic E-state index is 12.5. The van der Waals surface area contributed by atoms with Crippen molar-refractivity contribution < 1.29 is 19.4 Å². The Kier molecular flexibility index (Phi) is 7.91. The monoisotopic (exact) mass is 547 g/mol. The van der Waals surface area contributed by atoms with Gasteiger partial charge in [-0.25, -0.2) is 4.98 Å². The second-order valence-electron chi connectivity index (χ2n) is 10.5. The molecule has 7 heteroatoms. The van der Waals surface area contributed by atoms with E-state index in [1.807, 2.05) is 91.3 Å². The molecule has 2 N–H and O–H groups in total. The third-order valence-electron chi connectivity index (χ3n) is 7.77. The highest BCUT2D eigenvalue weighted by Crippen LogP contribution is 2.42. The van der Waals surface area contributed by atoms with Gasteiger partial charge in [-0.3, -0.25) is 4.79 Å². The number of nitrogens with zero attached hydrogens (tertiary/aromatic N) is 2. The minimum atomic E-state index is -0.568. The molecule has 1 saturated heterocycles. The van der Waals surface area contributed by atoms with E-state index >= 15 is 0 Å². The van der Waals surface area contributed by atoms with Gasteiger partial charge in [-0.2, -0.15) is 0 Å². The highest BCUT2D eigenvalue weighted by Gasteiger charge is 2.38. The highest BCUT2D eigenvalue weighted by atomic mass is 16.7. The summed E-state index contributed by atoms with van der Waals surface area (Å²) in [5.41, 5.74) is 6.46. The molecule has 4 atom stereocenters. The summed E-state index contributed by atoms with van der Waals surface area (Å²) in [6.45, 7) is 3.22. The third-order valence-corrected chi connectivity index (χ3v) is 7.77. The second kappa shape index (κ2) is 12.1. The maximum atomic E-state index is 12.5. The molecule has 0 spiro atoms. The number of aliphatic hydroxyl groups excluding tert-OH is 1. The summed E-state index contributed by atoms with van der Waals surface area (Å²) in [5, 5.41) is 12.5. The number of aliphatic hydroxyl groups is 1. The Morgan fingerprint density at radius 3 is 2.29 bits per heavy atom. The second-order valence-corrected chi connectivity index (χ2v) is 10.5. The van der Waals surface area contributed by atoms with Gasteiger partial charge in [0.1, 0.15) is 0 Å². The molecular weight excluding hydrogens is 514 g/mol. The number of hydrogen-bond acceptors (Lipinski definition) is 5. The fraction of sp³-hybridized carbons (Fsp3) is 0.235. The molecule has 0 unspecified atom stereocenters. The number of fused-ring (bicyclic) bond motifs is 1. The fourth-order valence-corrected chi connectivity index (χ4v) is 5.34.